The third-order valence-electron chi connectivity index (χ3n) is 2.58. The van der Waals surface area contributed by atoms with Gasteiger partial charge in [0.05, 0.1) is 19.2 Å². The second-order valence-electron chi connectivity index (χ2n) is 4.45. The Morgan fingerprint density at radius 2 is 1.90 bits per heavy atom. The van der Waals surface area contributed by atoms with Crippen LogP contribution in [0.2, 0.25) is 0 Å². The average Bonchev–Trinajstić information content (AvgIpc) is 2.90. The van der Waals surface area contributed by atoms with Gasteiger partial charge in [0, 0.05) is 4.88 Å². The van der Waals surface area contributed by atoms with Crippen molar-refractivity contribution < 1.29 is 17.5 Å². The molecule has 0 radical (unpaired) electrons. The lowest BCUT2D eigenvalue weighted by atomic mass is 10.2. The molecule has 0 aliphatic heterocycles. The van der Waals surface area contributed by atoms with Gasteiger partial charge < -0.3 is 0 Å². The summed E-state index contributed by atoms with van der Waals surface area (Å²) < 4.78 is 27.5. The van der Waals surface area contributed by atoms with Crippen LogP contribution in [0.4, 0.5) is 0 Å². The van der Waals surface area contributed by atoms with Gasteiger partial charge in [0.15, 0.2) is 0 Å². The van der Waals surface area contributed by atoms with E-state index < -0.39 is 16.0 Å². The highest BCUT2D eigenvalue weighted by Gasteiger charge is 2.20. The Morgan fingerprint density at radius 1 is 1.19 bits per heavy atom. The Bertz CT molecular complexity index is 681. The Labute approximate surface area is 127 Å². The largest absolute Gasteiger partial charge is 0.285 e. The molecule has 2 rings (SSSR count). The zero-order chi connectivity index (χ0) is 15.3. The minimum absolute atomic E-state index is 0.0815. The van der Waals surface area contributed by atoms with Crippen LogP contribution in [0.3, 0.4) is 0 Å². The fourth-order valence-electron chi connectivity index (χ4n) is 1.72. The van der Waals surface area contributed by atoms with Crippen LogP contribution >= 0.6 is 11.3 Å². The fraction of sp³-hybridized carbons (Fsp3) is 0.214. The van der Waals surface area contributed by atoms with Crippen LogP contribution in [-0.4, -0.2) is 25.6 Å². The molecular formula is C14H15NO4S2. The average molecular weight is 325 g/mol. The van der Waals surface area contributed by atoms with Crippen LogP contribution in [0.1, 0.15) is 10.4 Å². The maximum absolute atomic E-state index is 12.2. The molecule has 0 unspecified atom stereocenters. The van der Waals surface area contributed by atoms with Crippen LogP contribution in [0.5, 0.6) is 0 Å². The van der Waals surface area contributed by atoms with Crippen LogP contribution in [-0.2, 0) is 32.2 Å². The molecule has 0 fully saturated rings. The van der Waals surface area contributed by atoms with Gasteiger partial charge >= 0.3 is 0 Å². The quantitative estimate of drug-likeness (QED) is 0.764. The molecule has 0 N–H and O–H groups in total. The summed E-state index contributed by atoms with van der Waals surface area (Å²) in [4.78, 5) is 13.1. The van der Waals surface area contributed by atoms with E-state index in [2.05, 4.69) is 0 Å². The van der Waals surface area contributed by atoms with Crippen molar-refractivity contribution in [2.45, 2.75) is 13.0 Å². The van der Waals surface area contributed by atoms with Gasteiger partial charge in [-0.3, -0.25) is 4.79 Å². The van der Waals surface area contributed by atoms with Gasteiger partial charge in [-0.15, -0.1) is 15.6 Å². The first-order valence-corrected chi connectivity index (χ1v) is 8.90. The lowest BCUT2D eigenvalue weighted by molar-refractivity contribution is -0.157. The van der Waals surface area contributed by atoms with Crippen LogP contribution < -0.4 is 0 Å². The molecule has 5 nitrogen and oxygen atoms in total. The highest BCUT2D eigenvalue weighted by molar-refractivity contribution is 7.85. The molecule has 112 valence electrons. The summed E-state index contributed by atoms with van der Waals surface area (Å²) in [6, 6.07) is 12.7. The maximum Gasteiger partial charge on any atom is 0.285 e. The van der Waals surface area contributed by atoms with E-state index in [4.69, 9.17) is 4.28 Å². The maximum atomic E-state index is 12.2. The van der Waals surface area contributed by atoms with Crippen molar-refractivity contribution in [3.05, 3.63) is 58.3 Å². The molecule has 0 bridgehead atoms. The van der Waals surface area contributed by atoms with E-state index in [0.717, 1.165) is 21.8 Å². The van der Waals surface area contributed by atoms with Crippen LogP contribution in [0.15, 0.2) is 47.8 Å². The van der Waals surface area contributed by atoms with E-state index in [1.807, 2.05) is 35.7 Å². The summed E-state index contributed by atoms with van der Waals surface area (Å²) in [6.07, 6.45) is 1.03. The SMILES string of the molecule is CS(=O)(=O)ON(Cc1ccccc1)C(=O)Cc1cccs1. The highest BCUT2D eigenvalue weighted by atomic mass is 32.2. The van der Waals surface area contributed by atoms with Gasteiger partial charge in [0.1, 0.15) is 0 Å². The summed E-state index contributed by atoms with van der Waals surface area (Å²) in [5.74, 6) is -0.397. The fourth-order valence-corrected chi connectivity index (χ4v) is 2.88. The molecule has 21 heavy (non-hydrogen) atoms. The first-order chi connectivity index (χ1) is 9.94. The standard InChI is InChI=1S/C14H15NO4S2/c1-21(17,18)19-15(11-12-6-3-2-4-7-12)14(16)10-13-8-5-9-20-13/h2-9H,10-11H2,1H3. The number of hydroxylamine groups is 2. The molecule has 2 aromatic rings. The number of hydrogen-bond donors (Lipinski definition) is 0. The normalized spacial score (nSPS) is 11.3. The summed E-state index contributed by atoms with van der Waals surface area (Å²) in [6.45, 7) is 0.0815. The monoisotopic (exact) mass is 325 g/mol. The molecule has 7 heteroatoms. The molecule has 0 aliphatic rings. The smallest absolute Gasteiger partial charge is 0.272 e. The third kappa shape index (κ3) is 5.30. The minimum atomic E-state index is -3.76. The molecule has 0 saturated heterocycles. The Hall–Kier alpha value is -1.70. The minimum Gasteiger partial charge on any atom is -0.272 e. The number of amides is 1. The number of thiophene rings is 1. The van der Waals surface area contributed by atoms with Crippen LogP contribution in [0.25, 0.3) is 0 Å². The van der Waals surface area contributed by atoms with E-state index in [-0.39, 0.29) is 13.0 Å². The summed E-state index contributed by atoms with van der Waals surface area (Å²) in [5, 5.41) is 2.76. The number of nitrogens with zero attached hydrogens (tertiary/aromatic N) is 1. The number of hydrogen-bond acceptors (Lipinski definition) is 5. The zero-order valence-corrected chi connectivity index (χ0v) is 13.1. The van der Waals surface area contributed by atoms with Crippen molar-refractivity contribution in [2.75, 3.05) is 6.26 Å². The number of carbonyl (C=O) groups is 1. The Balaban J connectivity index is 2.13. The molecule has 1 aromatic carbocycles. The number of rotatable bonds is 6. The first kappa shape index (κ1) is 15.7. The van der Waals surface area contributed by atoms with Crippen molar-refractivity contribution in [1.29, 1.82) is 0 Å². The highest BCUT2D eigenvalue weighted by Crippen LogP contribution is 2.14. The third-order valence-corrected chi connectivity index (χ3v) is 3.91. The lowest BCUT2D eigenvalue weighted by Crippen LogP contribution is -2.33. The summed E-state index contributed by atoms with van der Waals surface area (Å²) >= 11 is 1.44. The van der Waals surface area contributed by atoms with Gasteiger partial charge in [-0.2, -0.15) is 13.5 Å². The predicted molar refractivity (Wildman–Crippen MR) is 80.9 cm³/mol. The van der Waals surface area contributed by atoms with Gasteiger partial charge in [0.2, 0.25) is 0 Å². The van der Waals surface area contributed by atoms with Crippen molar-refractivity contribution in [3.8, 4) is 0 Å². The lowest BCUT2D eigenvalue weighted by Gasteiger charge is -2.20. The van der Waals surface area contributed by atoms with Gasteiger partial charge in [-0.1, -0.05) is 36.4 Å². The molecule has 1 heterocycles. The number of carbonyl (C=O) groups excluding carboxylic acids is 1. The van der Waals surface area contributed by atoms with E-state index in [1.54, 1.807) is 12.1 Å². The topological polar surface area (TPSA) is 63.7 Å². The second-order valence-corrected chi connectivity index (χ2v) is 7.04. The molecule has 0 spiro atoms. The van der Waals surface area contributed by atoms with Crippen molar-refractivity contribution in [2.24, 2.45) is 0 Å². The zero-order valence-electron chi connectivity index (χ0n) is 11.4. The first-order valence-electron chi connectivity index (χ1n) is 6.20. The van der Waals surface area contributed by atoms with Crippen molar-refractivity contribution in [3.63, 3.8) is 0 Å². The van der Waals surface area contributed by atoms with E-state index in [9.17, 15) is 13.2 Å². The Morgan fingerprint density at radius 3 is 2.48 bits per heavy atom. The van der Waals surface area contributed by atoms with Crippen molar-refractivity contribution >= 4 is 27.4 Å². The summed E-state index contributed by atoms with van der Waals surface area (Å²) in [7, 11) is -3.76. The van der Waals surface area contributed by atoms with E-state index in [0.29, 0.717) is 0 Å². The molecular weight excluding hydrogens is 310 g/mol. The molecule has 1 amide bonds. The molecule has 1 aromatic heterocycles. The van der Waals surface area contributed by atoms with Crippen LogP contribution in [0, 0.1) is 0 Å². The molecule has 0 atom stereocenters. The van der Waals surface area contributed by atoms with Gasteiger partial charge in [0.25, 0.3) is 16.0 Å². The van der Waals surface area contributed by atoms with Gasteiger partial charge in [-0.05, 0) is 17.0 Å². The predicted octanol–water partition coefficient (Wildman–Crippen LogP) is 2.21. The molecule has 0 aliphatic carbocycles. The number of benzene rings is 1. The van der Waals surface area contributed by atoms with Gasteiger partial charge in [-0.25, -0.2) is 0 Å². The summed E-state index contributed by atoms with van der Waals surface area (Å²) in [5.41, 5.74) is 0.792. The van der Waals surface area contributed by atoms with E-state index >= 15 is 0 Å². The van der Waals surface area contributed by atoms with E-state index in [1.165, 1.54) is 11.3 Å². The van der Waals surface area contributed by atoms with Crippen molar-refractivity contribution in [1.82, 2.24) is 5.06 Å². The Kier molecular flexibility index (Phi) is 5.11. The molecule has 0 saturated carbocycles. The second kappa shape index (κ2) is 6.84.